The Bertz CT molecular complexity index is 326. The summed E-state index contributed by atoms with van der Waals surface area (Å²) in [6.07, 6.45) is 0. The molecular formula is C10H18N4O4. The number of likely N-dealkylation sites (N-methyl/N-ethyl adjacent to an activating group) is 1. The Kier molecular flexibility index (Phi) is 5.37. The maximum absolute atomic E-state index is 11.6. The van der Waals surface area contributed by atoms with E-state index in [-0.39, 0.29) is 25.0 Å². The van der Waals surface area contributed by atoms with Gasteiger partial charge in [-0.2, -0.15) is 0 Å². The number of rotatable bonds is 4. The van der Waals surface area contributed by atoms with Crippen LogP contribution in [0.1, 0.15) is 0 Å². The van der Waals surface area contributed by atoms with Crippen LogP contribution in [0.3, 0.4) is 0 Å². The van der Waals surface area contributed by atoms with Gasteiger partial charge in [-0.15, -0.1) is 0 Å². The fraction of sp³-hybridized carbons (Fsp3) is 0.700. The van der Waals surface area contributed by atoms with Crippen LogP contribution in [-0.4, -0.2) is 79.1 Å². The number of carbonyl (C=O) groups excluding carboxylic acids is 2. The largest absolute Gasteiger partial charge is 0.480 e. The lowest BCUT2D eigenvalue weighted by Gasteiger charge is -2.33. The van der Waals surface area contributed by atoms with Gasteiger partial charge in [0, 0.05) is 33.2 Å². The van der Waals surface area contributed by atoms with Crippen molar-refractivity contribution in [1.29, 1.82) is 0 Å². The molecule has 8 heteroatoms. The molecule has 0 unspecified atom stereocenters. The molecule has 0 aromatic carbocycles. The Balaban J connectivity index is 2.27. The van der Waals surface area contributed by atoms with Gasteiger partial charge in [0.15, 0.2) is 0 Å². The van der Waals surface area contributed by atoms with E-state index in [0.29, 0.717) is 26.2 Å². The van der Waals surface area contributed by atoms with Crippen molar-refractivity contribution < 1.29 is 19.5 Å². The summed E-state index contributed by atoms with van der Waals surface area (Å²) >= 11 is 0. The maximum Gasteiger partial charge on any atom is 0.317 e. The highest BCUT2D eigenvalue weighted by Crippen LogP contribution is 2.01. The first kappa shape index (κ1) is 14.2. The molecule has 3 amide bonds. The number of hydrogen-bond acceptors (Lipinski definition) is 4. The fourth-order valence-electron chi connectivity index (χ4n) is 1.66. The summed E-state index contributed by atoms with van der Waals surface area (Å²) in [5.74, 6) is -1.12. The number of urea groups is 1. The van der Waals surface area contributed by atoms with Gasteiger partial charge in [-0.25, -0.2) is 4.79 Å². The zero-order valence-electron chi connectivity index (χ0n) is 10.3. The van der Waals surface area contributed by atoms with E-state index < -0.39 is 5.97 Å². The van der Waals surface area contributed by atoms with E-state index in [1.165, 1.54) is 7.05 Å². The third-order valence-electron chi connectivity index (χ3n) is 2.70. The van der Waals surface area contributed by atoms with Crippen LogP contribution < -0.4 is 10.6 Å². The van der Waals surface area contributed by atoms with Gasteiger partial charge in [0.2, 0.25) is 5.91 Å². The highest BCUT2D eigenvalue weighted by atomic mass is 16.4. The fourth-order valence-corrected chi connectivity index (χ4v) is 1.66. The van der Waals surface area contributed by atoms with Gasteiger partial charge in [0.25, 0.3) is 0 Å². The Morgan fingerprint density at radius 2 is 1.78 bits per heavy atom. The summed E-state index contributed by atoms with van der Waals surface area (Å²) in [6, 6.07) is -0.298. The van der Waals surface area contributed by atoms with Crippen LogP contribution >= 0.6 is 0 Å². The van der Waals surface area contributed by atoms with E-state index in [4.69, 9.17) is 5.11 Å². The first-order chi connectivity index (χ1) is 8.52. The smallest absolute Gasteiger partial charge is 0.317 e. The monoisotopic (exact) mass is 258 g/mol. The summed E-state index contributed by atoms with van der Waals surface area (Å²) in [4.78, 5) is 36.5. The molecule has 0 bridgehead atoms. The number of aliphatic carboxylic acids is 1. The summed E-state index contributed by atoms with van der Waals surface area (Å²) in [5, 5.41) is 13.5. The highest BCUT2D eigenvalue weighted by molar-refractivity contribution is 5.83. The minimum atomic E-state index is -0.868. The number of piperazine rings is 1. The summed E-state index contributed by atoms with van der Waals surface area (Å²) in [5.41, 5.74) is 0. The van der Waals surface area contributed by atoms with E-state index in [2.05, 4.69) is 10.6 Å². The molecule has 1 rings (SSSR count). The van der Waals surface area contributed by atoms with Crippen LogP contribution in [0.15, 0.2) is 0 Å². The predicted octanol–water partition coefficient (Wildman–Crippen LogP) is -1.86. The summed E-state index contributed by atoms with van der Waals surface area (Å²) < 4.78 is 0. The zero-order chi connectivity index (χ0) is 13.5. The molecule has 0 aromatic rings. The van der Waals surface area contributed by atoms with Gasteiger partial charge in [-0.05, 0) is 0 Å². The molecule has 0 atom stereocenters. The third-order valence-corrected chi connectivity index (χ3v) is 2.70. The average molecular weight is 258 g/mol. The second-order valence-electron chi connectivity index (χ2n) is 3.99. The number of carbonyl (C=O) groups is 3. The lowest BCUT2D eigenvalue weighted by atomic mass is 10.3. The van der Waals surface area contributed by atoms with Crippen LogP contribution in [-0.2, 0) is 9.59 Å². The number of hydrogen-bond donors (Lipinski definition) is 3. The van der Waals surface area contributed by atoms with Crippen molar-refractivity contribution in [1.82, 2.24) is 20.4 Å². The zero-order valence-corrected chi connectivity index (χ0v) is 10.3. The molecule has 8 nitrogen and oxygen atoms in total. The molecule has 1 aliphatic heterocycles. The van der Waals surface area contributed by atoms with Crippen LogP contribution in [0.2, 0.25) is 0 Å². The van der Waals surface area contributed by atoms with Crippen molar-refractivity contribution in [3.05, 3.63) is 0 Å². The molecule has 1 aliphatic rings. The van der Waals surface area contributed by atoms with E-state index in [0.717, 1.165) is 0 Å². The first-order valence-corrected chi connectivity index (χ1v) is 5.70. The molecule has 1 fully saturated rings. The SMILES string of the molecule is CNC(=O)CNC(=O)N1CCN(CC(=O)O)CC1. The van der Waals surface area contributed by atoms with Crippen molar-refractivity contribution in [3.63, 3.8) is 0 Å². The molecule has 0 radical (unpaired) electrons. The van der Waals surface area contributed by atoms with E-state index in [9.17, 15) is 14.4 Å². The van der Waals surface area contributed by atoms with E-state index >= 15 is 0 Å². The number of amides is 3. The molecular weight excluding hydrogens is 240 g/mol. The van der Waals surface area contributed by atoms with Gasteiger partial charge in [0.1, 0.15) is 0 Å². The lowest BCUT2D eigenvalue weighted by molar-refractivity contribution is -0.138. The van der Waals surface area contributed by atoms with Crippen molar-refractivity contribution in [2.24, 2.45) is 0 Å². The molecule has 18 heavy (non-hydrogen) atoms. The average Bonchev–Trinajstić information content (AvgIpc) is 2.35. The van der Waals surface area contributed by atoms with Crippen LogP contribution in [0.25, 0.3) is 0 Å². The molecule has 3 N–H and O–H groups in total. The predicted molar refractivity (Wildman–Crippen MR) is 63.1 cm³/mol. The van der Waals surface area contributed by atoms with Crippen LogP contribution in [0.4, 0.5) is 4.79 Å². The van der Waals surface area contributed by atoms with Crippen molar-refractivity contribution in [2.75, 3.05) is 46.3 Å². The molecule has 0 aromatic heterocycles. The standard InChI is InChI=1S/C10H18N4O4/c1-11-8(15)6-12-10(18)14-4-2-13(3-5-14)7-9(16)17/h2-7H2,1H3,(H,11,15)(H,12,18)(H,16,17). The van der Waals surface area contributed by atoms with Crippen molar-refractivity contribution in [2.45, 2.75) is 0 Å². The molecule has 0 saturated carbocycles. The Morgan fingerprint density at radius 3 is 2.28 bits per heavy atom. The van der Waals surface area contributed by atoms with E-state index in [1.54, 1.807) is 9.80 Å². The number of carboxylic acids is 1. The van der Waals surface area contributed by atoms with Gasteiger partial charge in [-0.3, -0.25) is 14.5 Å². The normalized spacial score (nSPS) is 16.2. The number of nitrogens with zero attached hydrogens (tertiary/aromatic N) is 2. The molecule has 102 valence electrons. The minimum absolute atomic E-state index is 0.00625. The van der Waals surface area contributed by atoms with Gasteiger partial charge < -0.3 is 20.6 Å². The van der Waals surface area contributed by atoms with Gasteiger partial charge in [0.05, 0.1) is 13.1 Å². The molecule has 0 aliphatic carbocycles. The second-order valence-corrected chi connectivity index (χ2v) is 3.99. The summed E-state index contributed by atoms with van der Waals surface area (Å²) in [7, 11) is 1.50. The third kappa shape index (κ3) is 4.58. The maximum atomic E-state index is 11.6. The molecule has 1 heterocycles. The van der Waals surface area contributed by atoms with Gasteiger partial charge in [-0.1, -0.05) is 0 Å². The van der Waals surface area contributed by atoms with Crippen molar-refractivity contribution in [3.8, 4) is 0 Å². The summed E-state index contributed by atoms with van der Waals surface area (Å²) in [6.45, 7) is 1.93. The second kappa shape index (κ2) is 6.80. The Morgan fingerprint density at radius 1 is 1.17 bits per heavy atom. The quantitative estimate of drug-likeness (QED) is 0.549. The molecule has 1 saturated heterocycles. The first-order valence-electron chi connectivity index (χ1n) is 5.70. The van der Waals surface area contributed by atoms with Crippen LogP contribution in [0.5, 0.6) is 0 Å². The minimum Gasteiger partial charge on any atom is -0.480 e. The number of carboxylic acid groups (broad SMARTS) is 1. The molecule has 0 spiro atoms. The number of nitrogens with one attached hydrogen (secondary N) is 2. The van der Waals surface area contributed by atoms with Gasteiger partial charge >= 0.3 is 12.0 Å². The Labute approximate surface area is 105 Å². The van der Waals surface area contributed by atoms with E-state index in [1.807, 2.05) is 0 Å². The van der Waals surface area contributed by atoms with Crippen LogP contribution in [0, 0.1) is 0 Å². The lowest BCUT2D eigenvalue weighted by Crippen LogP contribution is -2.53. The van der Waals surface area contributed by atoms with Crippen molar-refractivity contribution >= 4 is 17.9 Å². The highest BCUT2D eigenvalue weighted by Gasteiger charge is 2.22. The topological polar surface area (TPSA) is 102 Å². The Hall–Kier alpha value is -1.83.